The maximum atomic E-state index is 4.81. The van der Waals surface area contributed by atoms with E-state index in [2.05, 4.69) is 61.1 Å². The summed E-state index contributed by atoms with van der Waals surface area (Å²) in [5.74, 6) is 1.73. The summed E-state index contributed by atoms with van der Waals surface area (Å²) in [6.07, 6.45) is 5.73. The van der Waals surface area contributed by atoms with E-state index in [1.54, 1.807) is 6.20 Å². The number of amidine groups is 2. The van der Waals surface area contributed by atoms with Crippen LogP contribution in [0.15, 0.2) is 71.0 Å². The van der Waals surface area contributed by atoms with Crippen molar-refractivity contribution in [2.45, 2.75) is 10.6 Å². The number of aromatic nitrogens is 1. The number of hydrogen-bond acceptors (Lipinski definition) is 5. The van der Waals surface area contributed by atoms with Gasteiger partial charge in [0.2, 0.25) is 0 Å². The zero-order valence-corrected chi connectivity index (χ0v) is 15.1. The van der Waals surface area contributed by atoms with Crippen molar-refractivity contribution in [2.24, 2.45) is 9.98 Å². The zero-order chi connectivity index (χ0) is 16.4. The van der Waals surface area contributed by atoms with Gasteiger partial charge in [-0.05, 0) is 11.6 Å². The second-order valence-corrected chi connectivity index (χ2v) is 7.00. The van der Waals surface area contributed by atoms with Crippen LogP contribution in [0.5, 0.6) is 0 Å². The molecule has 0 saturated carbocycles. The Morgan fingerprint density at radius 2 is 2.04 bits per heavy atom. The minimum absolute atomic E-state index is 0.321. The molecule has 1 unspecified atom stereocenters. The lowest BCUT2D eigenvalue weighted by atomic mass is 10.1. The molecule has 0 amide bonds. The molecule has 4 rings (SSSR count). The normalized spacial score (nSPS) is 19.3. The lowest BCUT2D eigenvalue weighted by Crippen LogP contribution is -2.42. The van der Waals surface area contributed by atoms with Gasteiger partial charge < -0.3 is 10.2 Å². The lowest BCUT2D eigenvalue weighted by molar-refractivity contribution is 0.590. The quantitative estimate of drug-likeness (QED) is 0.464. The van der Waals surface area contributed by atoms with Crippen LogP contribution in [0.2, 0.25) is 0 Å². The molecule has 24 heavy (non-hydrogen) atoms. The van der Waals surface area contributed by atoms with E-state index >= 15 is 0 Å². The van der Waals surface area contributed by atoms with Crippen LogP contribution in [-0.4, -0.2) is 32.1 Å². The van der Waals surface area contributed by atoms with Gasteiger partial charge in [0.25, 0.3) is 0 Å². The first-order chi connectivity index (χ1) is 11.8. The van der Waals surface area contributed by atoms with Gasteiger partial charge >= 0.3 is 0 Å². The number of alkyl halides is 1. The van der Waals surface area contributed by atoms with Crippen LogP contribution in [0.3, 0.4) is 0 Å². The third-order valence-corrected chi connectivity index (χ3v) is 4.89. The molecule has 0 saturated heterocycles. The molecule has 3 heterocycles. The fourth-order valence-corrected chi connectivity index (χ4v) is 3.31. The van der Waals surface area contributed by atoms with Crippen molar-refractivity contribution in [3.63, 3.8) is 0 Å². The lowest BCUT2D eigenvalue weighted by Gasteiger charge is -2.26. The van der Waals surface area contributed by atoms with Gasteiger partial charge in [-0.25, -0.2) is 4.99 Å². The van der Waals surface area contributed by atoms with Gasteiger partial charge in [0.05, 0.1) is 12.2 Å². The molecular weight excluding hydrogens is 413 g/mol. The second-order valence-electron chi connectivity index (χ2n) is 5.56. The number of aliphatic imine (C=N–C) groups is 2. The van der Waals surface area contributed by atoms with Gasteiger partial charge in [-0.2, -0.15) is 0 Å². The minimum Gasteiger partial charge on any atom is -0.363 e. The summed E-state index contributed by atoms with van der Waals surface area (Å²) in [6.45, 7) is 1.45. The Hall–Kier alpha value is -2.22. The summed E-state index contributed by atoms with van der Waals surface area (Å²) in [7, 11) is 0. The van der Waals surface area contributed by atoms with E-state index in [1.165, 1.54) is 0 Å². The highest BCUT2D eigenvalue weighted by Crippen LogP contribution is 2.27. The van der Waals surface area contributed by atoms with Crippen LogP contribution < -0.4 is 5.32 Å². The molecule has 2 aromatic rings. The SMILES string of the molecule is IC1CN=C2C(NCc3cccnc3)=NC(c3ccccc3)=CN21. The van der Waals surface area contributed by atoms with Crippen LogP contribution in [0.4, 0.5) is 0 Å². The number of hydrogen-bond donors (Lipinski definition) is 1. The molecular formula is C18H16IN5. The molecule has 0 spiro atoms. The van der Waals surface area contributed by atoms with Gasteiger partial charge in [0.1, 0.15) is 4.05 Å². The molecule has 0 aliphatic carbocycles. The highest BCUT2D eigenvalue weighted by Gasteiger charge is 2.31. The predicted molar refractivity (Wildman–Crippen MR) is 105 cm³/mol. The number of halogens is 1. The Balaban J connectivity index is 1.63. The van der Waals surface area contributed by atoms with Crippen LogP contribution in [0, 0.1) is 0 Å². The molecule has 2 aliphatic rings. The van der Waals surface area contributed by atoms with E-state index in [-0.39, 0.29) is 0 Å². The number of benzene rings is 1. The van der Waals surface area contributed by atoms with Crippen LogP contribution >= 0.6 is 22.6 Å². The predicted octanol–water partition coefficient (Wildman–Crippen LogP) is 3.06. The van der Waals surface area contributed by atoms with Crippen molar-refractivity contribution in [3.8, 4) is 0 Å². The first-order valence-electron chi connectivity index (χ1n) is 7.77. The van der Waals surface area contributed by atoms with E-state index in [1.807, 2.05) is 36.5 Å². The van der Waals surface area contributed by atoms with E-state index < -0.39 is 0 Å². The number of rotatable bonds is 3. The third-order valence-electron chi connectivity index (χ3n) is 3.90. The third kappa shape index (κ3) is 3.06. The monoisotopic (exact) mass is 429 g/mol. The van der Waals surface area contributed by atoms with E-state index in [0.29, 0.717) is 10.6 Å². The number of nitrogens with one attached hydrogen (secondary N) is 1. The van der Waals surface area contributed by atoms with Gasteiger partial charge in [-0.15, -0.1) is 0 Å². The summed E-state index contributed by atoms with van der Waals surface area (Å²) >= 11 is 2.42. The van der Waals surface area contributed by atoms with Gasteiger partial charge in [0, 0.05) is 30.7 Å². The molecule has 1 aromatic carbocycles. The maximum Gasteiger partial charge on any atom is 0.172 e. The van der Waals surface area contributed by atoms with Gasteiger partial charge in [0.15, 0.2) is 11.7 Å². The first-order valence-corrected chi connectivity index (χ1v) is 9.02. The highest BCUT2D eigenvalue weighted by molar-refractivity contribution is 14.1. The molecule has 1 N–H and O–H groups in total. The smallest absolute Gasteiger partial charge is 0.172 e. The van der Waals surface area contributed by atoms with Crippen molar-refractivity contribution in [3.05, 3.63) is 72.2 Å². The Kier molecular flexibility index (Phi) is 4.29. The fraction of sp³-hybridized carbons (Fsp3) is 0.167. The summed E-state index contributed by atoms with van der Waals surface area (Å²) < 4.78 is 0.321. The zero-order valence-electron chi connectivity index (χ0n) is 12.9. The van der Waals surface area contributed by atoms with Gasteiger partial charge in [-0.3, -0.25) is 9.98 Å². The first kappa shape index (κ1) is 15.3. The Labute approximate surface area is 154 Å². The summed E-state index contributed by atoms with van der Waals surface area (Å²) in [5, 5.41) is 3.42. The van der Waals surface area contributed by atoms with Crippen molar-refractivity contribution < 1.29 is 0 Å². The Bertz CT molecular complexity index is 814. The average molecular weight is 429 g/mol. The molecule has 6 heteroatoms. The number of nitrogens with zero attached hydrogens (tertiary/aromatic N) is 4. The summed E-state index contributed by atoms with van der Waals surface area (Å²) in [6, 6.07) is 14.2. The van der Waals surface area contributed by atoms with Crippen molar-refractivity contribution in [1.82, 2.24) is 15.2 Å². The summed E-state index contributed by atoms with van der Waals surface area (Å²) in [5.41, 5.74) is 3.17. The van der Waals surface area contributed by atoms with E-state index in [0.717, 1.165) is 35.0 Å². The largest absolute Gasteiger partial charge is 0.363 e. The highest BCUT2D eigenvalue weighted by atomic mass is 127. The van der Waals surface area contributed by atoms with E-state index in [9.17, 15) is 0 Å². The maximum absolute atomic E-state index is 4.81. The average Bonchev–Trinajstić information content (AvgIpc) is 3.02. The summed E-state index contributed by atoms with van der Waals surface area (Å²) in [4.78, 5) is 15.8. The molecule has 0 fully saturated rings. The van der Waals surface area contributed by atoms with Crippen LogP contribution in [0.1, 0.15) is 11.1 Å². The minimum atomic E-state index is 0.321. The van der Waals surface area contributed by atoms with Crippen LogP contribution in [-0.2, 0) is 6.54 Å². The molecule has 1 aromatic heterocycles. The second kappa shape index (κ2) is 6.72. The molecule has 1 atom stereocenters. The van der Waals surface area contributed by atoms with Crippen molar-refractivity contribution in [1.29, 1.82) is 0 Å². The molecule has 0 bridgehead atoms. The van der Waals surface area contributed by atoms with Crippen molar-refractivity contribution in [2.75, 3.05) is 6.54 Å². The molecule has 0 radical (unpaired) electrons. The number of fused-ring (bicyclic) bond motifs is 1. The van der Waals surface area contributed by atoms with Crippen LogP contribution in [0.25, 0.3) is 5.70 Å². The fourth-order valence-electron chi connectivity index (χ4n) is 2.69. The topological polar surface area (TPSA) is 52.9 Å². The van der Waals surface area contributed by atoms with Gasteiger partial charge in [-0.1, -0.05) is 59.0 Å². The standard InChI is InChI=1S/C18H16IN5/c19-16-11-22-18-17(21-10-13-5-4-8-20-9-13)23-15(12-24(16)18)14-6-2-1-3-7-14/h1-9,12,16H,10-11H2,(H,21,23). The molecule has 120 valence electrons. The van der Waals surface area contributed by atoms with Crippen molar-refractivity contribution >= 4 is 40.0 Å². The molecule has 2 aliphatic heterocycles. The Morgan fingerprint density at radius 3 is 2.83 bits per heavy atom. The van der Waals surface area contributed by atoms with E-state index in [4.69, 9.17) is 4.99 Å². The molecule has 5 nitrogen and oxygen atoms in total. The number of pyridine rings is 1. The Morgan fingerprint density at radius 1 is 1.17 bits per heavy atom.